The molecule has 0 unspecified atom stereocenters. The Labute approximate surface area is 69.9 Å². The van der Waals surface area contributed by atoms with Crippen LogP contribution in [0.3, 0.4) is 0 Å². The van der Waals surface area contributed by atoms with Gasteiger partial charge in [-0.15, -0.1) is 0 Å². The van der Waals surface area contributed by atoms with Crippen molar-refractivity contribution in [2.75, 3.05) is 23.7 Å². The van der Waals surface area contributed by atoms with Crippen LogP contribution >= 0.6 is 0 Å². The van der Waals surface area contributed by atoms with Crippen molar-refractivity contribution < 1.29 is 5.11 Å². The van der Waals surface area contributed by atoms with Crippen LogP contribution in [0.1, 0.15) is 0 Å². The molecule has 0 aliphatic carbocycles. The van der Waals surface area contributed by atoms with E-state index in [1.54, 1.807) is 12.3 Å². The van der Waals surface area contributed by atoms with Gasteiger partial charge in [0.25, 0.3) is 0 Å². The van der Waals surface area contributed by atoms with E-state index in [9.17, 15) is 0 Å². The van der Waals surface area contributed by atoms with E-state index in [0.29, 0.717) is 13.1 Å². The Hall–Kier alpha value is -1.36. The van der Waals surface area contributed by atoms with E-state index in [4.69, 9.17) is 10.8 Å². The van der Waals surface area contributed by atoms with Gasteiger partial charge in [0.2, 0.25) is 5.95 Å². The van der Waals surface area contributed by atoms with Crippen molar-refractivity contribution in [3.63, 3.8) is 0 Å². The molecule has 0 bridgehead atoms. The molecule has 1 aliphatic heterocycles. The number of anilines is 2. The molecular weight excluding hydrogens is 156 g/mol. The van der Waals surface area contributed by atoms with Gasteiger partial charge in [0.1, 0.15) is 5.82 Å². The van der Waals surface area contributed by atoms with Crippen molar-refractivity contribution in [3.8, 4) is 0 Å². The molecule has 1 aromatic heterocycles. The molecule has 0 spiro atoms. The molecule has 1 fully saturated rings. The van der Waals surface area contributed by atoms with Gasteiger partial charge in [0.15, 0.2) is 0 Å². The van der Waals surface area contributed by atoms with Gasteiger partial charge in [0.05, 0.1) is 6.10 Å². The molecule has 3 N–H and O–H groups in total. The van der Waals surface area contributed by atoms with Crippen LogP contribution in [0.15, 0.2) is 12.3 Å². The summed E-state index contributed by atoms with van der Waals surface area (Å²) in [5.74, 6) is 1.06. The molecule has 0 aromatic carbocycles. The predicted octanol–water partition coefficient (Wildman–Crippen LogP) is -0.760. The van der Waals surface area contributed by atoms with Crippen molar-refractivity contribution in [2.45, 2.75) is 6.10 Å². The fourth-order valence-corrected chi connectivity index (χ4v) is 1.18. The van der Waals surface area contributed by atoms with Crippen molar-refractivity contribution >= 4 is 11.8 Å². The number of aliphatic hydroxyl groups is 1. The topological polar surface area (TPSA) is 75.3 Å². The summed E-state index contributed by atoms with van der Waals surface area (Å²) in [5, 5.41) is 9.03. The second-order valence-corrected chi connectivity index (χ2v) is 2.83. The molecule has 5 heteroatoms. The second-order valence-electron chi connectivity index (χ2n) is 2.83. The van der Waals surface area contributed by atoms with Gasteiger partial charge in [-0.1, -0.05) is 0 Å². The van der Waals surface area contributed by atoms with Crippen molar-refractivity contribution in [1.82, 2.24) is 9.97 Å². The molecule has 0 saturated carbocycles. The predicted molar refractivity (Wildman–Crippen MR) is 44.7 cm³/mol. The van der Waals surface area contributed by atoms with Crippen LogP contribution in [0.5, 0.6) is 0 Å². The molecule has 2 rings (SSSR count). The van der Waals surface area contributed by atoms with Crippen LogP contribution in [-0.4, -0.2) is 34.3 Å². The quantitative estimate of drug-likeness (QED) is 0.573. The lowest BCUT2D eigenvalue weighted by molar-refractivity contribution is 0.141. The normalized spacial score (nSPS) is 17.6. The van der Waals surface area contributed by atoms with Crippen LogP contribution in [0.2, 0.25) is 0 Å². The Morgan fingerprint density at radius 1 is 1.58 bits per heavy atom. The number of aliphatic hydroxyl groups excluding tert-OH is 1. The van der Waals surface area contributed by atoms with Crippen molar-refractivity contribution in [2.24, 2.45) is 0 Å². The highest BCUT2D eigenvalue weighted by Gasteiger charge is 2.25. The first-order valence-electron chi connectivity index (χ1n) is 3.77. The zero-order valence-electron chi connectivity index (χ0n) is 6.51. The fraction of sp³-hybridized carbons (Fsp3) is 0.429. The number of hydrogen-bond acceptors (Lipinski definition) is 5. The first-order chi connectivity index (χ1) is 5.75. The van der Waals surface area contributed by atoms with E-state index in [2.05, 4.69) is 9.97 Å². The maximum atomic E-state index is 9.03. The number of hydrogen-bond donors (Lipinski definition) is 2. The van der Waals surface area contributed by atoms with E-state index in [1.165, 1.54) is 0 Å². The summed E-state index contributed by atoms with van der Waals surface area (Å²) in [7, 11) is 0. The minimum atomic E-state index is -0.221. The molecule has 0 radical (unpaired) electrons. The molecule has 12 heavy (non-hydrogen) atoms. The van der Waals surface area contributed by atoms with Gasteiger partial charge in [-0.3, -0.25) is 0 Å². The molecule has 0 atom stereocenters. The van der Waals surface area contributed by atoms with E-state index < -0.39 is 0 Å². The maximum Gasteiger partial charge on any atom is 0.221 e. The monoisotopic (exact) mass is 166 g/mol. The molecule has 1 aliphatic rings. The third kappa shape index (κ3) is 1.18. The Morgan fingerprint density at radius 2 is 2.33 bits per heavy atom. The Balaban J connectivity index is 2.13. The number of nitrogen functional groups attached to an aromatic ring is 1. The fourth-order valence-electron chi connectivity index (χ4n) is 1.18. The average Bonchev–Trinajstić information content (AvgIpc) is 1.99. The van der Waals surface area contributed by atoms with Gasteiger partial charge in [-0.05, 0) is 6.07 Å². The summed E-state index contributed by atoms with van der Waals surface area (Å²) in [6.45, 7) is 1.27. The molecule has 64 valence electrons. The molecule has 2 heterocycles. The number of rotatable bonds is 1. The van der Waals surface area contributed by atoms with E-state index in [-0.39, 0.29) is 12.1 Å². The van der Waals surface area contributed by atoms with Gasteiger partial charge in [-0.2, -0.15) is 4.98 Å². The SMILES string of the molecule is Nc1nccc(N2CC(O)C2)n1. The molecule has 1 aromatic rings. The summed E-state index contributed by atoms with van der Waals surface area (Å²) in [6.07, 6.45) is 1.39. The number of aromatic nitrogens is 2. The lowest BCUT2D eigenvalue weighted by Crippen LogP contribution is -2.51. The van der Waals surface area contributed by atoms with Crippen LogP contribution < -0.4 is 10.6 Å². The second kappa shape index (κ2) is 2.60. The van der Waals surface area contributed by atoms with Crippen LogP contribution in [0, 0.1) is 0 Å². The van der Waals surface area contributed by atoms with Crippen molar-refractivity contribution in [3.05, 3.63) is 12.3 Å². The van der Waals surface area contributed by atoms with Crippen molar-refractivity contribution in [1.29, 1.82) is 0 Å². The minimum Gasteiger partial charge on any atom is -0.389 e. The highest BCUT2D eigenvalue weighted by Crippen LogP contribution is 2.17. The Kier molecular flexibility index (Phi) is 1.58. The van der Waals surface area contributed by atoms with Gasteiger partial charge >= 0.3 is 0 Å². The number of nitrogens with zero attached hydrogens (tertiary/aromatic N) is 3. The van der Waals surface area contributed by atoms with E-state index in [1.807, 2.05) is 4.90 Å². The standard InChI is InChI=1S/C7H10N4O/c8-7-9-2-1-6(10-7)11-3-5(12)4-11/h1-2,5,12H,3-4H2,(H2,8,9,10). The molecule has 5 nitrogen and oxygen atoms in total. The summed E-state index contributed by atoms with van der Waals surface area (Å²) < 4.78 is 0. The minimum absolute atomic E-state index is 0.221. The third-order valence-electron chi connectivity index (χ3n) is 1.85. The highest BCUT2D eigenvalue weighted by atomic mass is 16.3. The summed E-state index contributed by atoms with van der Waals surface area (Å²) >= 11 is 0. The lowest BCUT2D eigenvalue weighted by atomic mass is 10.2. The molecule has 0 amide bonds. The summed E-state index contributed by atoms with van der Waals surface area (Å²) in [4.78, 5) is 9.74. The number of β-amino-alcohol motifs (C(OH)–C–C–N with tert-alkyl or cyclic N) is 1. The largest absolute Gasteiger partial charge is 0.389 e. The molecule has 1 saturated heterocycles. The molecular formula is C7H10N4O. The summed E-state index contributed by atoms with van der Waals surface area (Å²) in [6, 6.07) is 1.78. The first-order valence-corrected chi connectivity index (χ1v) is 3.77. The van der Waals surface area contributed by atoms with Crippen LogP contribution in [-0.2, 0) is 0 Å². The smallest absolute Gasteiger partial charge is 0.221 e. The Bertz CT molecular complexity index is 284. The third-order valence-corrected chi connectivity index (χ3v) is 1.85. The zero-order valence-corrected chi connectivity index (χ0v) is 6.51. The first kappa shape index (κ1) is 7.30. The number of nitrogens with two attached hydrogens (primary N) is 1. The Morgan fingerprint density at radius 3 is 2.92 bits per heavy atom. The van der Waals surface area contributed by atoms with Gasteiger partial charge in [0, 0.05) is 19.3 Å². The average molecular weight is 166 g/mol. The van der Waals surface area contributed by atoms with Crippen LogP contribution in [0.4, 0.5) is 11.8 Å². The van der Waals surface area contributed by atoms with E-state index in [0.717, 1.165) is 5.82 Å². The highest BCUT2D eigenvalue weighted by molar-refractivity contribution is 5.43. The maximum absolute atomic E-state index is 9.03. The van der Waals surface area contributed by atoms with Gasteiger partial charge in [-0.25, -0.2) is 4.98 Å². The lowest BCUT2D eigenvalue weighted by Gasteiger charge is -2.36. The van der Waals surface area contributed by atoms with Crippen LogP contribution in [0.25, 0.3) is 0 Å². The summed E-state index contributed by atoms with van der Waals surface area (Å²) in [5.41, 5.74) is 5.40. The zero-order chi connectivity index (χ0) is 8.55. The van der Waals surface area contributed by atoms with E-state index >= 15 is 0 Å². The van der Waals surface area contributed by atoms with Gasteiger partial charge < -0.3 is 15.7 Å².